The third-order valence-corrected chi connectivity index (χ3v) is 7.72. The van der Waals surface area contributed by atoms with Gasteiger partial charge in [0, 0.05) is 11.3 Å². The van der Waals surface area contributed by atoms with Crippen LogP contribution in [0.15, 0.2) is 47.3 Å². The van der Waals surface area contributed by atoms with E-state index in [1.807, 2.05) is 63.2 Å². The molecule has 2 heterocycles. The molecule has 41 heavy (non-hydrogen) atoms. The van der Waals surface area contributed by atoms with Crippen LogP contribution < -0.4 is 19.5 Å². The van der Waals surface area contributed by atoms with E-state index in [-0.39, 0.29) is 33.7 Å². The first kappa shape index (κ1) is 29.3. The van der Waals surface area contributed by atoms with Gasteiger partial charge in [0.05, 0.1) is 34.7 Å². The number of hydrogen-bond acceptors (Lipinski definition) is 7. The Balaban J connectivity index is 2.07. The predicted octanol–water partition coefficient (Wildman–Crippen LogP) is 4.42. The van der Waals surface area contributed by atoms with E-state index in [0.717, 1.165) is 22.5 Å². The van der Waals surface area contributed by atoms with Crippen LogP contribution >= 0.6 is 11.3 Å². The maximum atomic E-state index is 14.0. The minimum Gasteiger partial charge on any atom is -0.493 e. The maximum Gasteiger partial charge on any atom is 0.340 e. The number of esters is 1. The SMILES string of the molecule is CCOC(=O)c1c(C)[nH]c(C(=O)/C(C#N)=c2\s/c(=C\c3ccccc3OCC)c(=O)n2-c2cc(C)ccc2C)c1C. The van der Waals surface area contributed by atoms with Gasteiger partial charge in [-0.3, -0.25) is 14.2 Å². The van der Waals surface area contributed by atoms with Gasteiger partial charge in [-0.05, 0) is 76.4 Å². The fourth-order valence-corrected chi connectivity index (χ4v) is 5.75. The standard InChI is InChI=1S/C32H31N3O5S/c1-7-39-25-12-10-9-11-22(25)16-26-30(37)35(24-15-18(3)13-14-19(24)4)31(41-26)23(17-33)29(36)28-20(5)27(21(6)34-28)32(38)40-8-2/h9-16,34H,7-8H2,1-6H3/b26-16-,31-23-. The average molecular weight is 570 g/mol. The monoisotopic (exact) mass is 569 g/mol. The van der Waals surface area contributed by atoms with Crippen molar-refractivity contribution in [1.29, 1.82) is 5.26 Å². The molecular weight excluding hydrogens is 538 g/mol. The number of rotatable bonds is 8. The maximum absolute atomic E-state index is 14.0. The van der Waals surface area contributed by atoms with E-state index in [1.54, 1.807) is 26.8 Å². The molecule has 0 unspecified atom stereocenters. The molecule has 0 radical (unpaired) electrons. The minimum absolute atomic E-state index is 0.0997. The number of carbonyl (C=O) groups is 2. The van der Waals surface area contributed by atoms with Crippen LogP contribution in [-0.4, -0.2) is 34.5 Å². The van der Waals surface area contributed by atoms with E-state index >= 15 is 0 Å². The molecule has 4 rings (SSSR count). The lowest BCUT2D eigenvalue weighted by atomic mass is 10.0. The summed E-state index contributed by atoms with van der Waals surface area (Å²) in [4.78, 5) is 43.4. The summed E-state index contributed by atoms with van der Waals surface area (Å²) < 4.78 is 12.9. The largest absolute Gasteiger partial charge is 0.493 e. The van der Waals surface area contributed by atoms with Gasteiger partial charge < -0.3 is 14.5 Å². The Bertz CT molecular complexity index is 1890. The second-order valence-electron chi connectivity index (χ2n) is 9.48. The zero-order valence-electron chi connectivity index (χ0n) is 23.9. The molecule has 9 heteroatoms. The number of para-hydroxylation sites is 1. The molecule has 0 aliphatic carbocycles. The fourth-order valence-electron chi connectivity index (χ4n) is 4.66. The number of Topliss-reactive ketones (excluding diaryl/α,β-unsaturated/α-hetero) is 1. The molecule has 2 aromatic carbocycles. The van der Waals surface area contributed by atoms with E-state index in [4.69, 9.17) is 9.47 Å². The van der Waals surface area contributed by atoms with Gasteiger partial charge in [0.2, 0.25) is 5.78 Å². The molecular formula is C32H31N3O5S. The number of aromatic nitrogens is 2. The third-order valence-electron chi connectivity index (χ3n) is 6.63. The van der Waals surface area contributed by atoms with Crippen LogP contribution in [-0.2, 0) is 4.74 Å². The number of thiazole rings is 1. The number of nitrogens with zero attached hydrogens (tertiary/aromatic N) is 2. The molecule has 210 valence electrons. The summed E-state index contributed by atoms with van der Waals surface area (Å²) >= 11 is 1.06. The van der Waals surface area contributed by atoms with Crippen LogP contribution in [0.1, 0.15) is 62.6 Å². The van der Waals surface area contributed by atoms with Crippen LogP contribution in [0.5, 0.6) is 5.75 Å². The quantitative estimate of drug-likeness (QED) is 0.248. The van der Waals surface area contributed by atoms with Gasteiger partial charge >= 0.3 is 5.97 Å². The lowest BCUT2D eigenvalue weighted by Gasteiger charge is -2.09. The number of ether oxygens (including phenoxy) is 2. The Morgan fingerprint density at radius 3 is 2.49 bits per heavy atom. The Kier molecular flexibility index (Phi) is 8.74. The predicted molar refractivity (Wildman–Crippen MR) is 159 cm³/mol. The molecule has 0 aliphatic heterocycles. The molecule has 0 amide bonds. The summed E-state index contributed by atoms with van der Waals surface area (Å²) in [6.07, 6.45) is 1.71. The molecule has 4 aromatic rings. The highest BCUT2D eigenvalue weighted by atomic mass is 32.1. The van der Waals surface area contributed by atoms with Crippen molar-refractivity contribution in [2.75, 3.05) is 13.2 Å². The number of aromatic amines is 1. The molecule has 0 saturated carbocycles. The van der Waals surface area contributed by atoms with Crippen molar-refractivity contribution in [3.8, 4) is 17.5 Å². The van der Waals surface area contributed by atoms with Crippen LogP contribution in [0.3, 0.4) is 0 Å². The molecule has 0 spiro atoms. The van der Waals surface area contributed by atoms with Crippen LogP contribution in [0.4, 0.5) is 0 Å². The lowest BCUT2D eigenvalue weighted by molar-refractivity contribution is 0.0525. The van der Waals surface area contributed by atoms with Gasteiger partial charge in [-0.2, -0.15) is 5.26 Å². The van der Waals surface area contributed by atoms with Crippen molar-refractivity contribution in [3.63, 3.8) is 0 Å². The topological polar surface area (TPSA) is 114 Å². The Labute approximate surface area is 241 Å². The highest BCUT2D eigenvalue weighted by Gasteiger charge is 2.27. The van der Waals surface area contributed by atoms with Crippen LogP contribution in [0, 0.1) is 39.0 Å². The number of nitriles is 1. The fraction of sp³-hybridized carbons (Fsp3) is 0.250. The van der Waals surface area contributed by atoms with Gasteiger partial charge in [-0.1, -0.05) is 30.3 Å². The van der Waals surface area contributed by atoms with E-state index < -0.39 is 11.8 Å². The lowest BCUT2D eigenvalue weighted by Crippen LogP contribution is -2.32. The zero-order valence-corrected chi connectivity index (χ0v) is 24.7. The number of hydrogen-bond donors (Lipinski definition) is 1. The van der Waals surface area contributed by atoms with Crippen LogP contribution in [0.25, 0.3) is 17.3 Å². The summed E-state index contributed by atoms with van der Waals surface area (Å²) in [6, 6.07) is 15.1. The summed E-state index contributed by atoms with van der Waals surface area (Å²) in [5.74, 6) is -0.554. The molecule has 0 atom stereocenters. The van der Waals surface area contributed by atoms with Gasteiger partial charge in [-0.25, -0.2) is 4.79 Å². The summed E-state index contributed by atoms with van der Waals surface area (Å²) in [6.45, 7) is 11.3. The summed E-state index contributed by atoms with van der Waals surface area (Å²) in [5.41, 5.74) is 3.62. The molecule has 8 nitrogen and oxygen atoms in total. The molecule has 0 fully saturated rings. The number of nitrogens with one attached hydrogen (secondary N) is 1. The van der Waals surface area contributed by atoms with Crippen molar-refractivity contribution in [2.45, 2.75) is 41.5 Å². The molecule has 1 N–H and O–H groups in total. The van der Waals surface area contributed by atoms with E-state index in [1.165, 1.54) is 4.57 Å². The van der Waals surface area contributed by atoms with Gasteiger partial charge in [0.15, 0.2) is 0 Å². The van der Waals surface area contributed by atoms with Gasteiger partial charge in [0.1, 0.15) is 22.1 Å². The van der Waals surface area contributed by atoms with E-state index in [9.17, 15) is 19.6 Å². The Hall–Kier alpha value is -4.68. The van der Waals surface area contributed by atoms with Gasteiger partial charge in [-0.15, -0.1) is 11.3 Å². The number of carbonyl (C=O) groups excluding carboxylic acids is 2. The van der Waals surface area contributed by atoms with Crippen molar-refractivity contribution >= 4 is 34.7 Å². The van der Waals surface area contributed by atoms with E-state index in [0.29, 0.717) is 39.4 Å². The average Bonchev–Trinajstić information content (AvgIpc) is 3.42. The Morgan fingerprint density at radius 1 is 1.07 bits per heavy atom. The van der Waals surface area contributed by atoms with Crippen molar-refractivity contribution < 1.29 is 19.1 Å². The Morgan fingerprint density at radius 2 is 1.80 bits per heavy atom. The summed E-state index contributed by atoms with van der Waals surface area (Å²) in [5, 5.41) is 10.3. The van der Waals surface area contributed by atoms with Crippen molar-refractivity contribution in [2.24, 2.45) is 0 Å². The smallest absolute Gasteiger partial charge is 0.340 e. The zero-order chi connectivity index (χ0) is 29.8. The second-order valence-corrected chi connectivity index (χ2v) is 10.5. The van der Waals surface area contributed by atoms with Gasteiger partial charge in [0.25, 0.3) is 5.56 Å². The molecule has 0 bridgehead atoms. The van der Waals surface area contributed by atoms with Crippen LogP contribution in [0.2, 0.25) is 0 Å². The first-order valence-electron chi connectivity index (χ1n) is 13.2. The highest BCUT2D eigenvalue weighted by molar-refractivity contribution is 7.07. The van der Waals surface area contributed by atoms with E-state index in [2.05, 4.69) is 11.1 Å². The molecule has 0 aliphatic rings. The third kappa shape index (κ3) is 5.65. The normalized spacial score (nSPS) is 12.2. The first-order valence-corrected chi connectivity index (χ1v) is 14.0. The number of H-pyrrole nitrogens is 1. The van der Waals surface area contributed by atoms with Crippen molar-refractivity contribution in [3.05, 3.63) is 101 Å². The first-order chi connectivity index (χ1) is 19.6. The number of aryl methyl sites for hydroxylation is 3. The number of ketones is 1. The summed E-state index contributed by atoms with van der Waals surface area (Å²) in [7, 11) is 0. The highest BCUT2D eigenvalue weighted by Crippen LogP contribution is 2.22. The molecule has 2 aromatic heterocycles. The molecule has 0 saturated heterocycles. The number of benzene rings is 2. The minimum atomic E-state index is -0.620. The second kappa shape index (κ2) is 12.2. The van der Waals surface area contributed by atoms with Crippen molar-refractivity contribution in [1.82, 2.24) is 9.55 Å².